The Bertz CT molecular complexity index is 190. The van der Waals surface area contributed by atoms with E-state index in [-0.39, 0.29) is 5.78 Å². The summed E-state index contributed by atoms with van der Waals surface area (Å²) in [5.41, 5.74) is -0.833. The second kappa shape index (κ2) is 1.25. The lowest BCUT2D eigenvalue weighted by Gasteiger charge is -2.03. The number of carbonyl (C=O) groups is 1. The average molecular weight is 126 g/mol. The van der Waals surface area contributed by atoms with E-state index in [2.05, 4.69) is 0 Å². The number of aliphatic hydroxyl groups is 1. The van der Waals surface area contributed by atoms with Crippen LogP contribution in [0.15, 0.2) is 12.2 Å². The number of ketones is 1. The Morgan fingerprint density at radius 2 is 2.56 bits per heavy atom. The van der Waals surface area contributed by atoms with Crippen LogP contribution in [-0.2, 0) is 9.53 Å². The summed E-state index contributed by atoms with van der Waals surface area (Å²) in [6.07, 6.45) is 2.14. The minimum atomic E-state index is -0.833. The largest absolute Gasteiger partial charge is 0.385 e. The van der Waals surface area contributed by atoms with Crippen LogP contribution in [0.4, 0.5) is 0 Å². The summed E-state index contributed by atoms with van der Waals surface area (Å²) < 4.78 is 4.82. The van der Waals surface area contributed by atoms with Crippen LogP contribution in [0.1, 0.15) is 0 Å². The highest BCUT2D eigenvalue weighted by Gasteiger charge is 2.58. The quantitative estimate of drug-likeness (QED) is 0.435. The van der Waals surface area contributed by atoms with Gasteiger partial charge in [-0.25, -0.2) is 0 Å². The van der Waals surface area contributed by atoms with Gasteiger partial charge in [-0.3, -0.25) is 4.79 Å². The Morgan fingerprint density at radius 1 is 1.89 bits per heavy atom. The molecule has 1 aliphatic carbocycles. The van der Waals surface area contributed by atoms with E-state index in [4.69, 9.17) is 9.84 Å². The first-order valence-corrected chi connectivity index (χ1v) is 2.80. The molecule has 1 saturated heterocycles. The zero-order valence-electron chi connectivity index (χ0n) is 4.70. The number of hydrogen-bond donors (Lipinski definition) is 1. The topological polar surface area (TPSA) is 49.8 Å². The van der Waals surface area contributed by atoms with Crippen molar-refractivity contribution in [3.63, 3.8) is 0 Å². The van der Waals surface area contributed by atoms with Gasteiger partial charge < -0.3 is 9.84 Å². The highest BCUT2D eigenvalue weighted by molar-refractivity contribution is 6.02. The SMILES string of the molecule is O=C1C=C[C@H](O)[C@@]12CO2. The molecule has 2 aliphatic rings. The molecule has 0 bridgehead atoms. The van der Waals surface area contributed by atoms with Crippen LogP contribution in [0.5, 0.6) is 0 Å². The van der Waals surface area contributed by atoms with E-state index >= 15 is 0 Å². The maximum atomic E-state index is 10.8. The molecule has 0 aromatic rings. The molecule has 3 heteroatoms. The number of epoxide rings is 1. The van der Waals surface area contributed by atoms with Gasteiger partial charge in [0.2, 0.25) is 0 Å². The molecule has 1 heterocycles. The number of ether oxygens (including phenoxy) is 1. The van der Waals surface area contributed by atoms with Crippen LogP contribution in [0.25, 0.3) is 0 Å². The summed E-state index contributed by atoms with van der Waals surface area (Å²) in [4.78, 5) is 10.8. The fourth-order valence-corrected chi connectivity index (χ4v) is 1.01. The third-order valence-corrected chi connectivity index (χ3v) is 1.78. The van der Waals surface area contributed by atoms with Crippen LogP contribution in [0, 0.1) is 0 Å². The maximum absolute atomic E-state index is 10.8. The molecular formula is C6H6O3. The van der Waals surface area contributed by atoms with Gasteiger partial charge in [0.05, 0.1) is 6.61 Å². The van der Waals surface area contributed by atoms with Crippen molar-refractivity contribution in [1.29, 1.82) is 0 Å². The van der Waals surface area contributed by atoms with Crippen molar-refractivity contribution in [2.75, 3.05) is 6.61 Å². The molecule has 1 fully saturated rings. The second-order valence-corrected chi connectivity index (χ2v) is 2.35. The van der Waals surface area contributed by atoms with E-state index in [0.29, 0.717) is 6.61 Å². The average Bonchev–Trinajstić information content (AvgIpc) is 2.56. The predicted octanol–water partition coefficient (Wildman–Crippen LogP) is -0.745. The summed E-state index contributed by atoms with van der Waals surface area (Å²) in [5, 5.41) is 9.06. The van der Waals surface area contributed by atoms with Crippen molar-refractivity contribution >= 4 is 5.78 Å². The predicted molar refractivity (Wildman–Crippen MR) is 28.8 cm³/mol. The Labute approximate surface area is 51.9 Å². The van der Waals surface area contributed by atoms with Crippen molar-refractivity contribution in [3.05, 3.63) is 12.2 Å². The Balaban J connectivity index is 2.34. The van der Waals surface area contributed by atoms with Gasteiger partial charge in [-0.15, -0.1) is 0 Å². The van der Waals surface area contributed by atoms with Crippen LogP contribution >= 0.6 is 0 Å². The van der Waals surface area contributed by atoms with Gasteiger partial charge in [-0.05, 0) is 12.2 Å². The van der Waals surface area contributed by atoms with E-state index < -0.39 is 11.7 Å². The zero-order valence-corrected chi connectivity index (χ0v) is 4.70. The standard InChI is InChI=1S/C6H6O3/c7-4-1-2-5(8)6(4)3-9-6/h1-2,4,7H,3H2/t4-,6-/m0/s1. The molecular weight excluding hydrogens is 120 g/mol. The minimum Gasteiger partial charge on any atom is -0.385 e. The molecule has 3 nitrogen and oxygen atoms in total. The van der Waals surface area contributed by atoms with Gasteiger partial charge in [0.15, 0.2) is 11.4 Å². The smallest absolute Gasteiger partial charge is 0.192 e. The summed E-state index contributed by atoms with van der Waals surface area (Å²) in [6, 6.07) is 0. The van der Waals surface area contributed by atoms with Crippen LogP contribution in [0.2, 0.25) is 0 Å². The van der Waals surface area contributed by atoms with Crippen molar-refractivity contribution in [2.24, 2.45) is 0 Å². The molecule has 0 radical (unpaired) electrons. The minimum absolute atomic E-state index is 0.102. The Hall–Kier alpha value is -0.670. The van der Waals surface area contributed by atoms with E-state index in [1.54, 1.807) is 0 Å². The molecule has 1 aliphatic heterocycles. The Kier molecular flexibility index (Phi) is 0.714. The highest BCUT2D eigenvalue weighted by Crippen LogP contribution is 2.36. The van der Waals surface area contributed by atoms with Crippen molar-refractivity contribution in [2.45, 2.75) is 11.7 Å². The van der Waals surface area contributed by atoms with Gasteiger partial charge in [-0.1, -0.05) is 0 Å². The first kappa shape index (κ1) is 5.14. The monoisotopic (exact) mass is 126 g/mol. The van der Waals surface area contributed by atoms with Gasteiger partial charge in [0.1, 0.15) is 6.10 Å². The fraction of sp³-hybridized carbons (Fsp3) is 0.500. The van der Waals surface area contributed by atoms with Gasteiger partial charge in [0, 0.05) is 0 Å². The van der Waals surface area contributed by atoms with Crippen LogP contribution < -0.4 is 0 Å². The molecule has 2 rings (SSSR count). The number of hydrogen-bond acceptors (Lipinski definition) is 3. The molecule has 0 aromatic heterocycles. The van der Waals surface area contributed by atoms with Gasteiger partial charge >= 0.3 is 0 Å². The lowest BCUT2D eigenvalue weighted by molar-refractivity contribution is -0.120. The fourth-order valence-electron chi connectivity index (χ4n) is 1.01. The lowest BCUT2D eigenvalue weighted by atomic mass is 10.1. The van der Waals surface area contributed by atoms with E-state index in [9.17, 15) is 4.79 Å². The molecule has 0 saturated carbocycles. The molecule has 1 spiro atoms. The number of carbonyl (C=O) groups excluding carboxylic acids is 1. The summed E-state index contributed by atoms with van der Waals surface area (Å²) in [6.45, 7) is 0.375. The van der Waals surface area contributed by atoms with Gasteiger partial charge in [0.25, 0.3) is 0 Å². The molecule has 48 valence electrons. The normalized spacial score (nSPS) is 46.8. The van der Waals surface area contributed by atoms with Gasteiger partial charge in [-0.2, -0.15) is 0 Å². The van der Waals surface area contributed by atoms with Crippen LogP contribution in [-0.4, -0.2) is 29.2 Å². The van der Waals surface area contributed by atoms with Crippen molar-refractivity contribution in [1.82, 2.24) is 0 Å². The summed E-state index contributed by atoms with van der Waals surface area (Å²) in [7, 11) is 0. The van der Waals surface area contributed by atoms with E-state index in [1.807, 2.05) is 0 Å². The summed E-state index contributed by atoms with van der Waals surface area (Å²) in [5.74, 6) is -0.102. The van der Waals surface area contributed by atoms with Crippen LogP contribution in [0.3, 0.4) is 0 Å². The molecule has 0 amide bonds. The lowest BCUT2D eigenvalue weighted by Crippen LogP contribution is -2.30. The number of rotatable bonds is 0. The first-order chi connectivity index (χ1) is 4.26. The Morgan fingerprint density at radius 3 is 2.78 bits per heavy atom. The summed E-state index contributed by atoms with van der Waals surface area (Å²) >= 11 is 0. The van der Waals surface area contributed by atoms with Crippen molar-refractivity contribution < 1.29 is 14.6 Å². The molecule has 9 heavy (non-hydrogen) atoms. The van der Waals surface area contributed by atoms with E-state index in [1.165, 1.54) is 12.2 Å². The van der Waals surface area contributed by atoms with E-state index in [0.717, 1.165) is 0 Å². The highest BCUT2D eigenvalue weighted by atomic mass is 16.6. The zero-order chi connectivity index (χ0) is 6.48. The second-order valence-electron chi connectivity index (χ2n) is 2.35. The number of aliphatic hydroxyl groups excluding tert-OH is 1. The molecule has 0 aromatic carbocycles. The third-order valence-electron chi connectivity index (χ3n) is 1.78. The molecule has 2 atom stereocenters. The maximum Gasteiger partial charge on any atom is 0.192 e. The van der Waals surface area contributed by atoms with Crippen molar-refractivity contribution in [3.8, 4) is 0 Å². The first-order valence-electron chi connectivity index (χ1n) is 2.80. The molecule has 1 N–H and O–H groups in total. The third kappa shape index (κ3) is 0.458. The molecule has 0 unspecified atom stereocenters.